The molecule has 2 N–H and O–H groups in total. The number of ether oxygens (including phenoxy) is 1. The fourth-order valence-electron chi connectivity index (χ4n) is 1.07. The number of esters is 1. The average Bonchev–Trinajstić information content (AvgIpc) is 2.01. The van der Waals surface area contributed by atoms with Gasteiger partial charge in [-0.25, -0.2) is 0 Å². The summed E-state index contributed by atoms with van der Waals surface area (Å²) in [5, 5.41) is 17.8. The number of carboxylic acids is 1. The molecule has 0 aromatic rings. The second-order valence-electron chi connectivity index (χ2n) is 3.18. The van der Waals surface area contributed by atoms with E-state index < -0.39 is 23.5 Å². The minimum Gasteiger partial charge on any atom is -0.480 e. The number of carboxylic acid groups (broad SMARTS) is 1. The molecule has 0 aliphatic carbocycles. The first kappa shape index (κ1) is 11.9. The topological polar surface area (TPSA) is 83.8 Å². The van der Waals surface area contributed by atoms with E-state index in [4.69, 9.17) is 10.2 Å². The number of hydrogen-bond donors (Lipinski definition) is 2. The fourth-order valence-corrected chi connectivity index (χ4v) is 1.07. The minimum absolute atomic E-state index is 0.158. The van der Waals surface area contributed by atoms with Crippen LogP contribution in [0.5, 0.6) is 0 Å². The molecule has 0 aliphatic heterocycles. The molecule has 2 unspecified atom stereocenters. The van der Waals surface area contributed by atoms with E-state index in [1.807, 2.05) is 0 Å². The van der Waals surface area contributed by atoms with E-state index in [0.29, 0.717) is 0 Å². The van der Waals surface area contributed by atoms with Gasteiger partial charge in [0.2, 0.25) is 0 Å². The Balaban J connectivity index is 4.73. The van der Waals surface area contributed by atoms with Gasteiger partial charge in [-0.2, -0.15) is 0 Å². The summed E-state index contributed by atoms with van der Waals surface area (Å²) in [5.41, 5.74) is -1.66. The SMILES string of the molecule is COC(=O)C(C)(CC(C)O)C(=O)O. The first-order valence-electron chi connectivity index (χ1n) is 3.84. The molecule has 0 saturated heterocycles. The molecule has 0 aliphatic rings. The van der Waals surface area contributed by atoms with E-state index in [2.05, 4.69) is 4.74 Å². The number of rotatable bonds is 4. The van der Waals surface area contributed by atoms with Gasteiger partial charge in [-0.05, 0) is 20.3 Å². The van der Waals surface area contributed by atoms with Crippen LogP contribution >= 0.6 is 0 Å². The van der Waals surface area contributed by atoms with Crippen molar-refractivity contribution < 1.29 is 24.5 Å². The maximum Gasteiger partial charge on any atom is 0.323 e. The van der Waals surface area contributed by atoms with Crippen LogP contribution in [-0.2, 0) is 14.3 Å². The van der Waals surface area contributed by atoms with Crippen LogP contribution in [0.4, 0.5) is 0 Å². The zero-order chi connectivity index (χ0) is 10.6. The summed E-state index contributed by atoms with van der Waals surface area (Å²) < 4.78 is 4.35. The summed E-state index contributed by atoms with van der Waals surface area (Å²) in [5.74, 6) is -2.14. The third-order valence-electron chi connectivity index (χ3n) is 1.81. The third kappa shape index (κ3) is 2.69. The number of methoxy groups -OCH3 is 1. The maximum absolute atomic E-state index is 11.1. The van der Waals surface area contributed by atoms with Gasteiger partial charge in [0.1, 0.15) is 0 Å². The van der Waals surface area contributed by atoms with Gasteiger partial charge in [0.05, 0.1) is 13.2 Å². The molecule has 0 rings (SSSR count). The maximum atomic E-state index is 11.1. The van der Waals surface area contributed by atoms with Crippen molar-refractivity contribution in [3.05, 3.63) is 0 Å². The van der Waals surface area contributed by atoms with Gasteiger partial charge >= 0.3 is 11.9 Å². The van der Waals surface area contributed by atoms with Crippen LogP contribution in [0.25, 0.3) is 0 Å². The van der Waals surface area contributed by atoms with Crippen molar-refractivity contribution in [2.75, 3.05) is 7.11 Å². The van der Waals surface area contributed by atoms with E-state index in [-0.39, 0.29) is 6.42 Å². The van der Waals surface area contributed by atoms with Crippen LogP contribution in [0.1, 0.15) is 20.3 Å². The molecule has 76 valence electrons. The van der Waals surface area contributed by atoms with Gasteiger partial charge in [-0.1, -0.05) is 0 Å². The number of aliphatic hydroxyl groups is 1. The Morgan fingerprint density at radius 1 is 1.54 bits per heavy atom. The normalized spacial score (nSPS) is 17.2. The molecular weight excluding hydrogens is 176 g/mol. The number of aliphatic hydroxyl groups excluding tert-OH is 1. The Labute approximate surface area is 76.3 Å². The van der Waals surface area contributed by atoms with E-state index in [1.165, 1.54) is 13.8 Å². The standard InChI is InChI=1S/C8H14O5/c1-5(9)4-8(2,6(10)11)7(12)13-3/h5,9H,4H2,1-3H3,(H,10,11). The third-order valence-corrected chi connectivity index (χ3v) is 1.81. The molecule has 0 bridgehead atoms. The van der Waals surface area contributed by atoms with Crippen molar-refractivity contribution in [3.63, 3.8) is 0 Å². The second-order valence-corrected chi connectivity index (χ2v) is 3.18. The zero-order valence-electron chi connectivity index (χ0n) is 7.90. The molecule has 2 atom stereocenters. The second kappa shape index (κ2) is 4.23. The van der Waals surface area contributed by atoms with Gasteiger partial charge < -0.3 is 14.9 Å². The first-order valence-corrected chi connectivity index (χ1v) is 3.84. The highest BCUT2D eigenvalue weighted by Crippen LogP contribution is 2.25. The molecule has 5 heteroatoms. The highest BCUT2D eigenvalue weighted by Gasteiger charge is 2.43. The summed E-state index contributed by atoms with van der Waals surface area (Å²) >= 11 is 0. The largest absolute Gasteiger partial charge is 0.480 e. The quantitative estimate of drug-likeness (QED) is 0.482. The Morgan fingerprint density at radius 2 is 2.00 bits per heavy atom. The summed E-state index contributed by atoms with van der Waals surface area (Å²) in [6.45, 7) is 2.65. The molecule has 0 spiro atoms. The molecule has 0 fully saturated rings. The molecule has 0 aromatic heterocycles. The number of aliphatic carboxylic acids is 1. The van der Waals surface area contributed by atoms with Crippen molar-refractivity contribution in [2.24, 2.45) is 5.41 Å². The van der Waals surface area contributed by atoms with Crippen molar-refractivity contribution in [1.82, 2.24) is 0 Å². The highest BCUT2D eigenvalue weighted by molar-refractivity contribution is 5.98. The Morgan fingerprint density at radius 3 is 2.23 bits per heavy atom. The molecule has 0 heterocycles. The Hall–Kier alpha value is -1.10. The van der Waals surface area contributed by atoms with Crippen LogP contribution in [-0.4, -0.2) is 35.4 Å². The summed E-state index contributed by atoms with van der Waals surface area (Å²) in [6, 6.07) is 0. The van der Waals surface area contributed by atoms with E-state index >= 15 is 0 Å². The lowest BCUT2D eigenvalue weighted by Crippen LogP contribution is -2.39. The number of hydrogen-bond acceptors (Lipinski definition) is 4. The van der Waals surface area contributed by atoms with E-state index in [0.717, 1.165) is 7.11 Å². The zero-order valence-corrected chi connectivity index (χ0v) is 7.90. The predicted molar refractivity (Wildman–Crippen MR) is 44.1 cm³/mol. The average molecular weight is 190 g/mol. The Kier molecular flexibility index (Phi) is 3.87. The summed E-state index contributed by atoms with van der Waals surface area (Å²) in [6.07, 6.45) is -1.02. The lowest BCUT2D eigenvalue weighted by molar-refractivity contribution is -0.167. The van der Waals surface area contributed by atoms with Gasteiger partial charge in [0.15, 0.2) is 5.41 Å². The predicted octanol–water partition coefficient (Wildman–Crippen LogP) is 0.0212. The van der Waals surface area contributed by atoms with Crippen molar-refractivity contribution >= 4 is 11.9 Å². The smallest absolute Gasteiger partial charge is 0.323 e. The number of carbonyl (C=O) groups excluding carboxylic acids is 1. The number of carbonyl (C=O) groups is 2. The lowest BCUT2D eigenvalue weighted by atomic mass is 9.85. The van der Waals surface area contributed by atoms with E-state index in [1.54, 1.807) is 0 Å². The first-order chi connectivity index (χ1) is 5.84. The van der Waals surface area contributed by atoms with Crippen LogP contribution in [0.15, 0.2) is 0 Å². The lowest BCUT2D eigenvalue weighted by Gasteiger charge is -2.22. The van der Waals surface area contributed by atoms with Gasteiger partial charge in [0.25, 0.3) is 0 Å². The molecule has 0 amide bonds. The van der Waals surface area contributed by atoms with Crippen molar-refractivity contribution in [2.45, 2.75) is 26.4 Å². The minimum atomic E-state index is -1.66. The molecule has 13 heavy (non-hydrogen) atoms. The Bertz CT molecular complexity index is 211. The van der Waals surface area contributed by atoms with Crippen molar-refractivity contribution in [3.8, 4) is 0 Å². The van der Waals surface area contributed by atoms with Crippen molar-refractivity contribution in [1.29, 1.82) is 0 Å². The molecule has 5 nitrogen and oxygen atoms in total. The summed E-state index contributed by atoms with van der Waals surface area (Å²) in [7, 11) is 1.12. The van der Waals surface area contributed by atoms with Crippen LogP contribution in [0.3, 0.4) is 0 Å². The summed E-state index contributed by atoms with van der Waals surface area (Å²) in [4.78, 5) is 21.8. The molecule has 0 radical (unpaired) electrons. The molecule has 0 saturated carbocycles. The monoisotopic (exact) mass is 190 g/mol. The van der Waals surface area contributed by atoms with Crippen LogP contribution in [0.2, 0.25) is 0 Å². The highest BCUT2D eigenvalue weighted by atomic mass is 16.5. The van der Waals surface area contributed by atoms with Gasteiger partial charge in [-0.15, -0.1) is 0 Å². The van der Waals surface area contributed by atoms with Gasteiger partial charge in [-0.3, -0.25) is 9.59 Å². The fraction of sp³-hybridized carbons (Fsp3) is 0.750. The van der Waals surface area contributed by atoms with E-state index in [9.17, 15) is 9.59 Å². The molecular formula is C8H14O5. The van der Waals surface area contributed by atoms with Crippen LogP contribution in [0, 0.1) is 5.41 Å². The molecule has 0 aromatic carbocycles. The van der Waals surface area contributed by atoms with Crippen LogP contribution < -0.4 is 0 Å². The van der Waals surface area contributed by atoms with Gasteiger partial charge in [0, 0.05) is 0 Å².